The maximum Gasteiger partial charge on any atom is 0.317 e. The number of rotatable bonds is 1. The standard InChI is InChI=1S/C16H20O3/c1-3-4-8-5-7(2)11-9-6-10(12(8)11)14-13(9)15(17)19-16(14)18/h3-4,7-14H,5-6H2,1-2H3/b4-3+. The summed E-state index contributed by atoms with van der Waals surface area (Å²) in [4.78, 5) is 23.8. The number of cyclic esters (lactones) is 2. The molecule has 1 aliphatic heterocycles. The summed E-state index contributed by atoms with van der Waals surface area (Å²) in [6.45, 7) is 4.39. The molecule has 4 aliphatic rings. The summed E-state index contributed by atoms with van der Waals surface area (Å²) < 4.78 is 4.91. The predicted octanol–water partition coefficient (Wildman–Crippen LogP) is 2.42. The van der Waals surface area contributed by atoms with Crippen molar-refractivity contribution in [3.05, 3.63) is 12.2 Å². The van der Waals surface area contributed by atoms with Gasteiger partial charge >= 0.3 is 11.9 Å². The summed E-state index contributed by atoms with van der Waals surface area (Å²) in [6.07, 6.45) is 6.75. The van der Waals surface area contributed by atoms with Crippen LogP contribution >= 0.6 is 0 Å². The van der Waals surface area contributed by atoms with Crippen molar-refractivity contribution in [1.82, 2.24) is 0 Å². The van der Waals surface area contributed by atoms with Gasteiger partial charge in [-0.1, -0.05) is 19.1 Å². The predicted molar refractivity (Wildman–Crippen MR) is 68.7 cm³/mol. The van der Waals surface area contributed by atoms with E-state index in [1.807, 2.05) is 0 Å². The van der Waals surface area contributed by atoms with E-state index in [2.05, 4.69) is 26.0 Å². The van der Waals surface area contributed by atoms with E-state index in [-0.39, 0.29) is 23.8 Å². The smallest absolute Gasteiger partial charge is 0.317 e. The molecule has 4 fully saturated rings. The Morgan fingerprint density at radius 1 is 1.05 bits per heavy atom. The zero-order valence-corrected chi connectivity index (χ0v) is 11.4. The fourth-order valence-electron chi connectivity index (χ4n) is 5.98. The Labute approximate surface area is 113 Å². The fourth-order valence-corrected chi connectivity index (χ4v) is 5.98. The van der Waals surface area contributed by atoms with Crippen molar-refractivity contribution in [2.45, 2.75) is 26.7 Å². The molecule has 0 aromatic carbocycles. The average Bonchev–Trinajstić information content (AvgIpc) is 3.04. The molecule has 1 saturated heterocycles. The largest absolute Gasteiger partial charge is 0.393 e. The molecule has 3 aliphatic carbocycles. The molecule has 8 atom stereocenters. The lowest BCUT2D eigenvalue weighted by Gasteiger charge is -2.34. The van der Waals surface area contributed by atoms with Gasteiger partial charge in [-0.15, -0.1) is 0 Å². The molecule has 0 aromatic rings. The Kier molecular flexibility index (Phi) is 2.28. The number of fused-ring (bicyclic) bond motifs is 8. The van der Waals surface area contributed by atoms with Crippen LogP contribution in [0.1, 0.15) is 26.7 Å². The number of carbonyl (C=O) groups excluding carboxylic acids is 2. The van der Waals surface area contributed by atoms with Gasteiger partial charge in [-0.25, -0.2) is 0 Å². The lowest BCUT2D eigenvalue weighted by Crippen LogP contribution is -2.37. The summed E-state index contributed by atoms with van der Waals surface area (Å²) in [5.41, 5.74) is 0. The summed E-state index contributed by atoms with van der Waals surface area (Å²) in [6, 6.07) is 0. The van der Waals surface area contributed by atoms with Gasteiger partial charge in [-0.2, -0.15) is 0 Å². The van der Waals surface area contributed by atoms with Crippen molar-refractivity contribution < 1.29 is 14.3 Å². The van der Waals surface area contributed by atoms with E-state index in [1.165, 1.54) is 6.42 Å². The van der Waals surface area contributed by atoms with Gasteiger partial charge in [0.25, 0.3) is 0 Å². The molecular weight excluding hydrogens is 240 g/mol. The van der Waals surface area contributed by atoms with Crippen LogP contribution in [0.25, 0.3) is 0 Å². The van der Waals surface area contributed by atoms with Gasteiger partial charge in [-0.05, 0) is 55.3 Å². The van der Waals surface area contributed by atoms with Crippen molar-refractivity contribution in [2.24, 2.45) is 47.3 Å². The van der Waals surface area contributed by atoms with E-state index in [0.29, 0.717) is 35.5 Å². The minimum atomic E-state index is -0.236. The number of esters is 2. The van der Waals surface area contributed by atoms with Crippen LogP contribution in [0, 0.1) is 47.3 Å². The van der Waals surface area contributed by atoms with Crippen LogP contribution in [0.2, 0.25) is 0 Å². The molecule has 0 aromatic heterocycles. The monoisotopic (exact) mass is 260 g/mol. The normalized spacial score (nSPS) is 54.8. The van der Waals surface area contributed by atoms with Crippen molar-refractivity contribution in [3.8, 4) is 0 Å². The number of ether oxygens (including phenoxy) is 1. The number of carbonyl (C=O) groups is 2. The second kappa shape index (κ2) is 3.71. The van der Waals surface area contributed by atoms with Crippen molar-refractivity contribution in [2.75, 3.05) is 0 Å². The van der Waals surface area contributed by atoms with E-state index in [0.717, 1.165) is 6.42 Å². The second-order valence-corrected chi connectivity index (χ2v) is 6.91. The lowest BCUT2D eigenvalue weighted by molar-refractivity contribution is -0.154. The highest BCUT2D eigenvalue weighted by atomic mass is 16.6. The van der Waals surface area contributed by atoms with Crippen LogP contribution in [0.4, 0.5) is 0 Å². The highest BCUT2D eigenvalue weighted by molar-refractivity contribution is 5.97. The van der Waals surface area contributed by atoms with Gasteiger partial charge < -0.3 is 4.74 Å². The molecule has 4 rings (SSSR count). The van der Waals surface area contributed by atoms with Crippen molar-refractivity contribution >= 4 is 11.9 Å². The third-order valence-electron chi connectivity index (χ3n) is 6.27. The molecule has 2 bridgehead atoms. The summed E-state index contributed by atoms with van der Waals surface area (Å²) in [5.74, 6) is 2.62. The van der Waals surface area contributed by atoms with Crippen molar-refractivity contribution in [3.63, 3.8) is 0 Å². The van der Waals surface area contributed by atoms with Crippen molar-refractivity contribution in [1.29, 1.82) is 0 Å². The van der Waals surface area contributed by atoms with Crippen LogP contribution in [0.5, 0.6) is 0 Å². The number of allylic oxidation sites excluding steroid dienone is 2. The molecule has 102 valence electrons. The van der Waals surface area contributed by atoms with Crippen LogP contribution in [-0.4, -0.2) is 11.9 Å². The van der Waals surface area contributed by atoms with Gasteiger partial charge in [0, 0.05) is 0 Å². The van der Waals surface area contributed by atoms with E-state index >= 15 is 0 Å². The minimum absolute atomic E-state index is 0.106. The Hall–Kier alpha value is -1.12. The first-order chi connectivity index (χ1) is 9.13. The first-order valence-electron chi connectivity index (χ1n) is 7.51. The van der Waals surface area contributed by atoms with Crippen LogP contribution in [0.3, 0.4) is 0 Å². The molecule has 0 spiro atoms. The van der Waals surface area contributed by atoms with Gasteiger partial charge in [-0.3, -0.25) is 9.59 Å². The molecule has 0 radical (unpaired) electrons. The van der Waals surface area contributed by atoms with Gasteiger partial charge in [0.2, 0.25) is 0 Å². The zero-order chi connectivity index (χ0) is 13.3. The second-order valence-electron chi connectivity index (χ2n) is 6.91. The third-order valence-corrected chi connectivity index (χ3v) is 6.27. The third kappa shape index (κ3) is 1.29. The van der Waals surface area contributed by atoms with E-state index < -0.39 is 0 Å². The molecular formula is C16H20O3. The maximum absolute atomic E-state index is 11.9. The first kappa shape index (κ1) is 11.7. The minimum Gasteiger partial charge on any atom is -0.393 e. The first-order valence-corrected chi connectivity index (χ1v) is 7.51. The Balaban J connectivity index is 1.73. The van der Waals surface area contributed by atoms with Gasteiger partial charge in [0.05, 0.1) is 11.8 Å². The van der Waals surface area contributed by atoms with Gasteiger partial charge in [0.1, 0.15) is 0 Å². The van der Waals surface area contributed by atoms with E-state index in [9.17, 15) is 9.59 Å². The summed E-state index contributed by atoms with van der Waals surface area (Å²) >= 11 is 0. The van der Waals surface area contributed by atoms with E-state index in [1.54, 1.807) is 0 Å². The summed E-state index contributed by atoms with van der Waals surface area (Å²) in [5, 5.41) is 0. The topological polar surface area (TPSA) is 43.4 Å². The number of hydrogen-bond acceptors (Lipinski definition) is 3. The molecule has 3 saturated carbocycles. The quantitative estimate of drug-likeness (QED) is 0.413. The molecule has 3 heteroatoms. The Morgan fingerprint density at radius 3 is 2.32 bits per heavy atom. The highest BCUT2D eigenvalue weighted by Gasteiger charge is 2.69. The summed E-state index contributed by atoms with van der Waals surface area (Å²) in [7, 11) is 0. The molecule has 3 nitrogen and oxygen atoms in total. The van der Waals surface area contributed by atoms with Gasteiger partial charge in [0.15, 0.2) is 0 Å². The SMILES string of the molecule is C/C=C/C1CC(C)C2C3CC(C4C(=O)OC(=O)C34)C12. The Bertz CT molecular complexity index is 480. The molecule has 1 heterocycles. The lowest BCUT2D eigenvalue weighted by atomic mass is 9.67. The molecule has 0 amide bonds. The van der Waals surface area contributed by atoms with Crippen LogP contribution in [-0.2, 0) is 14.3 Å². The molecule has 0 N–H and O–H groups in total. The zero-order valence-electron chi connectivity index (χ0n) is 11.4. The fraction of sp³-hybridized carbons (Fsp3) is 0.750. The van der Waals surface area contributed by atoms with Crippen LogP contribution < -0.4 is 0 Å². The maximum atomic E-state index is 11.9. The highest BCUT2D eigenvalue weighted by Crippen LogP contribution is 2.68. The van der Waals surface area contributed by atoms with Crippen LogP contribution in [0.15, 0.2) is 12.2 Å². The molecule has 8 unspecified atom stereocenters. The number of hydrogen-bond donors (Lipinski definition) is 0. The van der Waals surface area contributed by atoms with E-state index in [4.69, 9.17) is 4.74 Å². The average molecular weight is 260 g/mol. The Morgan fingerprint density at radius 2 is 1.68 bits per heavy atom. The molecule has 19 heavy (non-hydrogen) atoms.